The molecule has 1 heterocycles. The van der Waals surface area contributed by atoms with Crippen LogP contribution in [0.15, 0.2) is 82.7 Å². The molecule has 0 spiro atoms. The second-order valence-corrected chi connectivity index (χ2v) is 10.3. The third-order valence-electron chi connectivity index (χ3n) is 5.45. The molecule has 33 heavy (non-hydrogen) atoms. The van der Waals surface area contributed by atoms with Gasteiger partial charge in [0.1, 0.15) is 5.84 Å². The van der Waals surface area contributed by atoms with Crippen LogP contribution in [0.1, 0.15) is 36.6 Å². The van der Waals surface area contributed by atoms with Gasteiger partial charge in [-0.05, 0) is 49.6 Å². The van der Waals surface area contributed by atoms with Gasteiger partial charge in [-0.1, -0.05) is 66.2 Å². The molecule has 1 unspecified atom stereocenters. The number of nitrogens with zero attached hydrogens (tertiary/aromatic N) is 2. The lowest BCUT2D eigenvalue weighted by molar-refractivity contribution is 0.232. The number of nitrogens with one attached hydrogen (secondary N) is 1. The van der Waals surface area contributed by atoms with Crippen LogP contribution in [0.2, 0.25) is 0 Å². The number of aliphatic imine (C=N–C) groups is 1. The van der Waals surface area contributed by atoms with Crippen molar-refractivity contribution in [2.75, 3.05) is 6.61 Å². The molecule has 3 aromatic rings. The zero-order chi connectivity index (χ0) is 23.6. The molecule has 0 radical (unpaired) electrons. The molecule has 7 heteroatoms. The highest BCUT2D eigenvalue weighted by Crippen LogP contribution is 2.35. The molecule has 0 fully saturated rings. The second kappa shape index (κ2) is 8.81. The number of hydrogen-bond acceptors (Lipinski definition) is 6. The number of benzene rings is 3. The maximum atomic E-state index is 12.7. The predicted molar refractivity (Wildman–Crippen MR) is 128 cm³/mol. The van der Waals surface area contributed by atoms with Gasteiger partial charge in [-0.2, -0.15) is 13.7 Å². The van der Waals surface area contributed by atoms with Gasteiger partial charge >= 0.3 is 0 Å². The Morgan fingerprint density at radius 3 is 2.24 bits per heavy atom. The monoisotopic (exact) mass is 459 g/mol. The highest BCUT2D eigenvalue weighted by Gasteiger charge is 2.29. The Labute approximate surface area is 194 Å². The minimum Gasteiger partial charge on any atom is -0.363 e. The van der Waals surface area contributed by atoms with Crippen LogP contribution in [0.4, 0.5) is 0 Å². The van der Waals surface area contributed by atoms with Crippen molar-refractivity contribution in [2.24, 2.45) is 4.99 Å². The largest absolute Gasteiger partial charge is 0.363 e. The molecule has 6 nitrogen and oxygen atoms in total. The predicted octanol–water partition coefficient (Wildman–Crippen LogP) is 4.76. The van der Waals surface area contributed by atoms with Gasteiger partial charge in [0.15, 0.2) is 6.04 Å². The molecular weight excluding hydrogens is 434 g/mol. The Kier molecular flexibility index (Phi) is 6.07. The van der Waals surface area contributed by atoms with E-state index < -0.39 is 21.7 Å². The fourth-order valence-electron chi connectivity index (χ4n) is 3.73. The first kappa shape index (κ1) is 22.7. The van der Waals surface area contributed by atoms with Crippen molar-refractivity contribution in [3.63, 3.8) is 0 Å². The summed E-state index contributed by atoms with van der Waals surface area (Å²) < 4.78 is 30.7. The van der Waals surface area contributed by atoms with Crippen LogP contribution in [0, 0.1) is 18.3 Å². The lowest BCUT2D eigenvalue weighted by Crippen LogP contribution is -2.48. The number of aryl methyl sites for hydroxylation is 1. The van der Waals surface area contributed by atoms with Crippen molar-refractivity contribution in [3.8, 4) is 17.2 Å². The van der Waals surface area contributed by atoms with Crippen LogP contribution in [-0.4, -0.2) is 26.4 Å². The normalized spacial score (nSPS) is 15.5. The third kappa shape index (κ3) is 4.82. The summed E-state index contributed by atoms with van der Waals surface area (Å²) in [6.07, 6.45) is 0. The molecule has 0 saturated carbocycles. The molecule has 0 aliphatic carbocycles. The van der Waals surface area contributed by atoms with Crippen molar-refractivity contribution in [1.29, 1.82) is 5.26 Å². The summed E-state index contributed by atoms with van der Waals surface area (Å²) in [5, 5.41) is 13.2. The molecule has 0 aromatic heterocycles. The number of nitriles is 1. The topological polar surface area (TPSA) is 91.6 Å². The van der Waals surface area contributed by atoms with E-state index in [0.29, 0.717) is 5.84 Å². The average molecular weight is 460 g/mol. The molecule has 4 rings (SSSR count). The highest BCUT2D eigenvalue weighted by atomic mass is 32.2. The molecule has 1 aliphatic rings. The van der Waals surface area contributed by atoms with Gasteiger partial charge in [0.05, 0.1) is 23.1 Å². The van der Waals surface area contributed by atoms with E-state index >= 15 is 0 Å². The van der Waals surface area contributed by atoms with Gasteiger partial charge in [-0.3, -0.25) is 4.18 Å². The van der Waals surface area contributed by atoms with Crippen molar-refractivity contribution in [1.82, 2.24) is 5.32 Å². The summed E-state index contributed by atoms with van der Waals surface area (Å²) in [7, 11) is -3.91. The minimum absolute atomic E-state index is 0.112. The first-order valence-corrected chi connectivity index (χ1v) is 12.0. The van der Waals surface area contributed by atoms with Crippen LogP contribution in [0.25, 0.3) is 11.1 Å². The quantitative estimate of drug-likeness (QED) is 0.556. The molecular formula is C26H25N3O3S. The Morgan fingerprint density at radius 1 is 0.970 bits per heavy atom. The van der Waals surface area contributed by atoms with Crippen LogP contribution < -0.4 is 5.32 Å². The van der Waals surface area contributed by atoms with E-state index in [-0.39, 0.29) is 11.5 Å². The van der Waals surface area contributed by atoms with Gasteiger partial charge in [-0.15, -0.1) is 0 Å². The van der Waals surface area contributed by atoms with Gasteiger partial charge in [-0.25, -0.2) is 4.99 Å². The Hall–Kier alpha value is -3.47. The molecule has 168 valence electrons. The summed E-state index contributed by atoms with van der Waals surface area (Å²) in [6.45, 7) is 5.45. The summed E-state index contributed by atoms with van der Waals surface area (Å²) in [6, 6.07) is 23.7. The third-order valence-corrected chi connectivity index (χ3v) is 6.73. The first-order valence-electron chi connectivity index (χ1n) is 10.6. The van der Waals surface area contributed by atoms with E-state index in [2.05, 4.69) is 11.4 Å². The zero-order valence-electron chi connectivity index (χ0n) is 18.7. The number of amidine groups is 1. The molecule has 1 aliphatic heterocycles. The lowest BCUT2D eigenvalue weighted by atomic mass is 9.93. The molecule has 1 atom stereocenters. The van der Waals surface area contributed by atoms with Crippen LogP contribution in [0.5, 0.6) is 0 Å². The Bertz CT molecular complexity index is 1350. The van der Waals surface area contributed by atoms with E-state index in [0.717, 1.165) is 27.8 Å². The van der Waals surface area contributed by atoms with Gasteiger partial charge in [0, 0.05) is 5.56 Å². The van der Waals surface area contributed by atoms with Crippen molar-refractivity contribution < 1.29 is 12.6 Å². The van der Waals surface area contributed by atoms with Gasteiger partial charge in [0.25, 0.3) is 10.1 Å². The zero-order valence-corrected chi connectivity index (χ0v) is 19.6. The number of rotatable bonds is 5. The van der Waals surface area contributed by atoms with E-state index in [1.807, 2.05) is 69.3 Å². The smallest absolute Gasteiger partial charge is 0.297 e. The minimum atomic E-state index is -3.91. The molecule has 1 N–H and O–H groups in total. The van der Waals surface area contributed by atoms with Crippen molar-refractivity contribution >= 4 is 16.0 Å². The van der Waals surface area contributed by atoms with Gasteiger partial charge < -0.3 is 5.32 Å². The molecule has 0 amide bonds. The molecule has 0 bridgehead atoms. The summed E-state index contributed by atoms with van der Waals surface area (Å²) in [5.74, 6) is 0.523. The van der Waals surface area contributed by atoms with Gasteiger partial charge in [0.2, 0.25) is 0 Å². The number of fused-ring (bicyclic) bond motifs is 3. The van der Waals surface area contributed by atoms with Crippen LogP contribution in [0.3, 0.4) is 0 Å². The fourth-order valence-corrected chi connectivity index (χ4v) is 4.78. The number of hydrogen-bond donors (Lipinski definition) is 1. The summed E-state index contributed by atoms with van der Waals surface area (Å²) in [4.78, 5) is 4.83. The van der Waals surface area contributed by atoms with Crippen LogP contribution >= 0.6 is 0 Å². The van der Waals surface area contributed by atoms with Crippen LogP contribution in [-0.2, 0) is 14.3 Å². The molecule has 0 saturated heterocycles. The van der Waals surface area contributed by atoms with Crippen molar-refractivity contribution in [2.45, 2.75) is 37.2 Å². The van der Waals surface area contributed by atoms with E-state index in [9.17, 15) is 13.7 Å². The Morgan fingerprint density at radius 2 is 1.58 bits per heavy atom. The average Bonchev–Trinajstić information content (AvgIpc) is 2.93. The fraction of sp³-hybridized carbons (Fsp3) is 0.231. The maximum absolute atomic E-state index is 12.7. The Balaban J connectivity index is 1.63. The lowest BCUT2D eigenvalue weighted by Gasteiger charge is -2.28. The summed E-state index contributed by atoms with van der Waals surface area (Å²) in [5.41, 5.74) is 3.77. The van der Waals surface area contributed by atoms with E-state index in [1.165, 1.54) is 12.1 Å². The highest BCUT2D eigenvalue weighted by molar-refractivity contribution is 7.86. The van der Waals surface area contributed by atoms with Crippen molar-refractivity contribution in [3.05, 3.63) is 89.5 Å². The van der Waals surface area contributed by atoms with E-state index in [4.69, 9.17) is 9.18 Å². The SMILES string of the molecule is Cc1ccc(S(=O)(=O)OCC(C)(C)NC2=NC(C#N)c3ccccc3-c3ccccc32)cc1. The molecule has 3 aromatic carbocycles. The maximum Gasteiger partial charge on any atom is 0.297 e. The van der Waals surface area contributed by atoms with E-state index in [1.54, 1.807) is 12.1 Å². The second-order valence-electron chi connectivity index (χ2n) is 8.68. The first-order chi connectivity index (χ1) is 15.7. The summed E-state index contributed by atoms with van der Waals surface area (Å²) >= 11 is 0. The standard InChI is InChI=1S/C26H25N3O3S/c1-18-12-14-19(15-13-18)33(30,31)32-17-26(2,3)29-25-23-11-7-5-9-21(23)20-8-4-6-10-22(20)24(16-27)28-25/h4-15,24H,17H2,1-3H3,(H,28,29).